The lowest BCUT2D eigenvalue weighted by atomic mass is 10.1. The monoisotopic (exact) mass is 527 g/mol. The summed E-state index contributed by atoms with van der Waals surface area (Å²) < 4.78 is 12.6. The van der Waals surface area contributed by atoms with Crippen molar-refractivity contribution >= 4 is 51.5 Å². The highest BCUT2D eigenvalue weighted by Gasteiger charge is 2.13. The molecule has 0 bridgehead atoms. The Kier molecular flexibility index (Phi) is 7.32. The molecule has 0 aliphatic rings. The molecule has 3 rings (SSSR count). The van der Waals surface area contributed by atoms with E-state index >= 15 is 0 Å². The van der Waals surface area contributed by atoms with Gasteiger partial charge in [-0.3, -0.25) is 0 Å². The molecule has 0 fully saturated rings. The first-order valence-corrected chi connectivity index (χ1v) is 10.5. The third-order valence-electron chi connectivity index (χ3n) is 4.29. The largest absolute Gasteiger partial charge is 0.493 e. The highest BCUT2D eigenvalue weighted by Crippen LogP contribution is 2.35. The van der Waals surface area contributed by atoms with E-state index in [9.17, 15) is 0 Å². The number of methoxy groups -OCH3 is 1. The molecule has 0 aliphatic carbocycles. The fourth-order valence-electron chi connectivity index (χ4n) is 2.69. The standard InChI is InChI=1S/C22H20Cl2INO2/c1-14-7-8-17(11-19(14)24)26-12-15-9-20(25)22(21(10-15)27-2)28-13-16-5-3-4-6-18(16)23/h3-11,26H,12-13H2,1-2H3. The molecule has 0 spiro atoms. The molecule has 0 saturated carbocycles. The molecule has 3 nitrogen and oxygen atoms in total. The zero-order valence-electron chi connectivity index (χ0n) is 15.6. The Balaban J connectivity index is 1.73. The Bertz CT molecular complexity index is 979. The second-order valence-corrected chi connectivity index (χ2v) is 8.28. The smallest absolute Gasteiger partial charge is 0.174 e. The van der Waals surface area contributed by atoms with Crippen LogP contribution in [0.15, 0.2) is 54.6 Å². The first kappa shape index (κ1) is 21.1. The maximum absolute atomic E-state index is 6.22. The van der Waals surface area contributed by atoms with Gasteiger partial charge in [-0.05, 0) is 71.0 Å². The summed E-state index contributed by atoms with van der Waals surface area (Å²) in [5, 5.41) is 4.83. The molecule has 0 heterocycles. The Morgan fingerprint density at radius 2 is 1.79 bits per heavy atom. The van der Waals surface area contributed by atoms with E-state index in [0.29, 0.717) is 29.7 Å². The fraction of sp³-hybridized carbons (Fsp3) is 0.182. The Morgan fingerprint density at radius 3 is 2.50 bits per heavy atom. The Labute approximate surface area is 189 Å². The molecule has 0 unspecified atom stereocenters. The molecule has 3 aromatic carbocycles. The van der Waals surface area contributed by atoms with E-state index in [1.165, 1.54) is 0 Å². The van der Waals surface area contributed by atoms with Crippen LogP contribution in [0.4, 0.5) is 5.69 Å². The molecular weight excluding hydrogens is 508 g/mol. The number of benzene rings is 3. The molecule has 146 valence electrons. The minimum atomic E-state index is 0.380. The molecule has 0 aromatic heterocycles. The van der Waals surface area contributed by atoms with Crippen molar-refractivity contribution in [3.8, 4) is 11.5 Å². The summed E-state index contributed by atoms with van der Waals surface area (Å²) in [5.74, 6) is 1.41. The van der Waals surface area contributed by atoms with Gasteiger partial charge in [0, 0.05) is 27.8 Å². The average molecular weight is 528 g/mol. The van der Waals surface area contributed by atoms with Crippen molar-refractivity contribution < 1.29 is 9.47 Å². The zero-order valence-corrected chi connectivity index (χ0v) is 19.2. The second kappa shape index (κ2) is 9.72. The van der Waals surface area contributed by atoms with Crippen molar-refractivity contribution in [3.05, 3.63) is 84.9 Å². The lowest BCUT2D eigenvalue weighted by molar-refractivity contribution is 0.282. The van der Waals surface area contributed by atoms with Crippen molar-refractivity contribution in [1.82, 2.24) is 0 Å². The fourth-order valence-corrected chi connectivity index (χ4v) is 3.88. The lowest BCUT2D eigenvalue weighted by Gasteiger charge is -2.16. The van der Waals surface area contributed by atoms with E-state index in [2.05, 4.69) is 34.0 Å². The van der Waals surface area contributed by atoms with Crippen LogP contribution in [0.2, 0.25) is 10.0 Å². The molecule has 0 amide bonds. The van der Waals surface area contributed by atoms with Crippen LogP contribution in [0, 0.1) is 10.5 Å². The maximum atomic E-state index is 6.22. The van der Waals surface area contributed by atoms with Gasteiger partial charge in [0.25, 0.3) is 0 Å². The molecule has 0 aliphatic heterocycles. The Hall–Kier alpha value is -1.63. The number of aryl methyl sites for hydroxylation is 1. The summed E-state index contributed by atoms with van der Waals surface area (Å²) in [5.41, 5.74) is 4.05. The summed E-state index contributed by atoms with van der Waals surface area (Å²) in [7, 11) is 1.64. The third-order valence-corrected chi connectivity index (χ3v) is 5.86. The Morgan fingerprint density at radius 1 is 1.00 bits per heavy atom. The van der Waals surface area contributed by atoms with Crippen LogP contribution in [0.25, 0.3) is 0 Å². The highest BCUT2D eigenvalue weighted by atomic mass is 127. The molecule has 28 heavy (non-hydrogen) atoms. The van der Waals surface area contributed by atoms with E-state index in [1.807, 2.05) is 55.5 Å². The van der Waals surface area contributed by atoms with Crippen molar-refractivity contribution in [2.45, 2.75) is 20.1 Å². The molecule has 0 atom stereocenters. The maximum Gasteiger partial charge on any atom is 0.174 e. The van der Waals surface area contributed by atoms with Crippen molar-refractivity contribution in [2.75, 3.05) is 12.4 Å². The predicted molar refractivity (Wildman–Crippen MR) is 125 cm³/mol. The molecular formula is C22H20Cl2INO2. The summed E-state index contributed by atoms with van der Waals surface area (Å²) >= 11 is 14.7. The van der Waals surface area contributed by atoms with E-state index in [0.717, 1.165) is 31.0 Å². The number of ether oxygens (including phenoxy) is 2. The minimum Gasteiger partial charge on any atom is -0.493 e. The van der Waals surface area contributed by atoms with Gasteiger partial charge in [0.15, 0.2) is 11.5 Å². The number of nitrogens with one attached hydrogen (secondary N) is 1. The van der Waals surface area contributed by atoms with Crippen molar-refractivity contribution in [3.63, 3.8) is 0 Å². The van der Waals surface area contributed by atoms with Crippen LogP contribution >= 0.6 is 45.8 Å². The molecule has 6 heteroatoms. The van der Waals surface area contributed by atoms with Crippen LogP contribution < -0.4 is 14.8 Å². The zero-order chi connectivity index (χ0) is 20.1. The van der Waals surface area contributed by atoms with E-state index < -0.39 is 0 Å². The van der Waals surface area contributed by atoms with Gasteiger partial charge in [0.05, 0.1) is 10.7 Å². The van der Waals surface area contributed by atoms with Crippen LogP contribution in [-0.2, 0) is 13.2 Å². The van der Waals surface area contributed by atoms with Crippen LogP contribution in [0.3, 0.4) is 0 Å². The highest BCUT2D eigenvalue weighted by molar-refractivity contribution is 14.1. The summed E-state index contributed by atoms with van der Waals surface area (Å²) in [6.45, 7) is 3.02. The SMILES string of the molecule is COc1cc(CNc2ccc(C)c(Cl)c2)cc(I)c1OCc1ccccc1Cl. The summed E-state index contributed by atoms with van der Waals surface area (Å²) in [6.07, 6.45) is 0. The number of hydrogen-bond donors (Lipinski definition) is 1. The topological polar surface area (TPSA) is 30.5 Å². The van der Waals surface area contributed by atoms with Gasteiger partial charge in [0.2, 0.25) is 0 Å². The lowest BCUT2D eigenvalue weighted by Crippen LogP contribution is -2.04. The average Bonchev–Trinajstić information content (AvgIpc) is 2.68. The first-order chi connectivity index (χ1) is 13.5. The van der Waals surface area contributed by atoms with Gasteiger partial charge in [0.1, 0.15) is 6.61 Å². The van der Waals surface area contributed by atoms with E-state index in [1.54, 1.807) is 7.11 Å². The number of anilines is 1. The summed E-state index contributed by atoms with van der Waals surface area (Å²) in [4.78, 5) is 0. The number of rotatable bonds is 7. The quantitative estimate of drug-likeness (QED) is 0.332. The van der Waals surface area contributed by atoms with Gasteiger partial charge in [-0.25, -0.2) is 0 Å². The van der Waals surface area contributed by atoms with E-state index in [4.69, 9.17) is 32.7 Å². The van der Waals surface area contributed by atoms with Gasteiger partial charge in [-0.2, -0.15) is 0 Å². The van der Waals surface area contributed by atoms with E-state index in [-0.39, 0.29) is 0 Å². The normalized spacial score (nSPS) is 10.6. The van der Waals surface area contributed by atoms with Gasteiger partial charge in [-0.1, -0.05) is 47.5 Å². The first-order valence-electron chi connectivity index (χ1n) is 8.70. The number of hydrogen-bond acceptors (Lipinski definition) is 3. The van der Waals surface area contributed by atoms with Crippen LogP contribution in [0.1, 0.15) is 16.7 Å². The van der Waals surface area contributed by atoms with Crippen LogP contribution in [-0.4, -0.2) is 7.11 Å². The van der Waals surface area contributed by atoms with Gasteiger partial charge >= 0.3 is 0 Å². The van der Waals surface area contributed by atoms with Crippen molar-refractivity contribution in [2.24, 2.45) is 0 Å². The molecule has 3 aromatic rings. The molecule has 0 radical (unpaired) electrons. The van der Waals surface area contributed by atoms with Crippen molar-refractivity contribution in [1.29, 1.82) is 0 Å². The summed E-state index contributed by atoms with van der Waals surface area (Å²) in [6, 6.07) is 17.7. The third kappa shape index (κ3) is 5.25. The predicted octanol–water partition coefficient (Wildman–Crippen LogP) is 7.11. The molecule has 1 N–H and O–H groups in total. The number of halogens is 3. The minimum absolute atomic E-state index is 0.380. The second-order valence-electron chi connectivity index (χ2n) is 6.31. The molecule has 0 saturated heterocycles. The van der Waals surface area contributed by atoms with Gasteiger partial charge in [-0.15, -0.1) is 0 Å². The van der Waals surface area contributed by atoms with Gasteiger partial charge < -0.3 is 14.8 Å². The van der Waals surface area contributed by atoms with Crippen LogP contribution in [0.5, 0.6) is 11.5 Å².